The van der Waals surface area contributed by atoms with Crippen LogP contribution in [-0.2, 0) is 26.7 Å². The number of amides is 1. The van der Waals surface area contributed by atoms with Gasteiger partial charge in [-0.1, -0.05) is 6.07 Å². The van der Waals surface area contributed by atoms with Crippen LogP contribution in [0.3, 0.4) is 0 Å². The number of pyridine rings is 1. The molecule has 3 aromatic heterocycles. The molecule has 35 heavy (non-hydrogen) atoms. The van der Waals surface area contributed by atoms with Gasteiger partial charge in [0, 0.05) is 42.8 Å². The van der Waals surface area contributed by atoms with E-state index in [4.69, 9.17) is 5.10 Å². The molecule has 2 aliphatic heterocycles. The Morgan fingerprint density at radius 2 is 1.89 bits per heavy atom. The van der Waals surface area contributed by atoms with Crippen LogP contribution in [0.2, 0.25) is 0 Å². The highest BCUT2D eigenvalue weighted by atomic mass is 19.4. The predicted octanol–water partition coefficient (Wildman–Crippen LogP) is 4.68. The lowest BCUT2D eigenvalue weighted by Gasteiger charge is -2.45. The molecule has 0 saturated carbocycles. The number of piperidine rings is 1. The van der Waals surface area contributed by atoms with Gasteiger partial charge in [0.1, 0.15) is 11.4 Å². The molecule has 1 saturated heterocycles. The summed E-state index contributed by atoms with van der Waals surface area (Å²) in [5.41, 5.74) is 3.10. The molecular formula is C25H23F3N6O. The first-order valence-corrected chi connectivity index (χ1v) is 11.6. The number of aromatic nitrogens is 5. The number of nitrogens with zero attached hydrogens (tertiary/aromatic N) is 6. The number of aryl methyl sites for hydroxylation is 2. The van der Waals surface area contributed by atoms with Crippen molar-refractivity contribution in [1.29, 1.82) is 0 Å². The molecule has 1 fully saturated rings. The normalized spacial score (nSPS) is 19.7. The number of fused-ring (bicyclic) bond motifs is 5. The molecular weight excluding hydrogens is 457 g/mol. The molecule has 0 radical (unpaired) electrons. The van der Waals surface area contributed by atoms with Crippen molar-refractivity contribution in [2.24, 2.45) is 14.1 Å². The van der Waals surface area contributed by atoms with E-state index in [0.29, 0.717) is 17.7 Å². The minimum absolute atomic E-state index is 0.0490. The highest BCUT2D eigenvalue weighted by Gasteiger charge is 2.44. The van der Waals surface area contributed by atoms with Crippen LogP contribution >= 0.6 is 0 Å². The van der Waals surface area contributed by atoms with Gasteiger partial charge >= 0.3 is 6.18 Å². The second-order valence-electron chi connectivity index (χ2n) is 9.30. The molecule has 2 atom stereocenters. The third-order valence-electron chi connectivity index (χ3n) is 7.17. The average molecular weight is 480 g/mol. The zero-order valence-corrected chi connectivity index (χ0v) is 19.3. The van der Waals surface area contributed by atoms with Gasteiger partial charge in [-0.25, -0.2) is 0 Å². The van der Waals surface area contributed by atoms with Crippen LogP contribution in [0.5, 0.6) is 0 Å². The summed E-state index contributed by atoms with van der Waals surface area (Å²) in [6.07, 6.45) is 0.325. The van der Waals surface area contributed by atoms with Crippen molar-refractivity contribution in [1.82, 2.24) is 29.4 Å². The Bertz CT molecular complexity index is 1470. The van der Waals surface area contributed by atoms with Gasteiger partial charge in [-0.15, -0.1) is 0 Å². The minimum atomic E-state index is -4.49. The number of halogens is 3. The molecule has 5 heterocycles. The molecule has 180 valence electrons. The van der Waals surface area contributed by atoms with Crippen molar-refractivity contribution in [3.05, 3.63) is 65.1 Å². The molecule has 0 unspecified atom stereocenters. The fraction of sp³-hybridized carbons (Fsp3) is 0.360. The summed E-state index contributed by atoms with van der Waals surface area (Å²) in [6.45, 7) is 0. The Morgan fingerprint density at radius 3 is 2.66 bits per heavy atom. The number of alkyl halides is 3. The second kappa shape index (κ2) is 7.66. The molecule has 2 aliphatic rings. The van der Waals surface area contributed by atoms with Gasteiger partial charge in [0.15, 0.2) is 0 Å². The van der Waals surface area contributed by atoms with Gasteiger partial charge in [-0.05, 0) is 56.0 Å². The average Bonchev–Trinajstić information content (AvgIpc) is 3.37. The monoisotopic (exact) mass is 480 g/mol. The maximum atomic E-state index is 13.7. The molecule has 4 aromatic rings. The van der Waals surface area contributed by atoms with E-state index in [1.807, 2.05) is 29.2 Å². The molecule has 0 spiro atoms. The first kappa shape index (κ1) is 21.8. The van der Waals surface area contributed by atoms with Crippen molar-refractivity contribution in [2.45, 2.75) is 43.9 Å². The number of carbonyl (C=O) groups is 1. The summed E-state index contributed by atoms with van der Waals surface area (Å²) >= 11 is 0. The van der Waals surface area contributed by atoms with Gasteiger partial charge in [0.2, 0.25) is 0 Å². The predicted molar refractivity (Wildman–Crippen MR) is 122 cm³/mol. The van der Waals surface area contributed by atoms with E-state index in [0.717, 1.165) is 52.2 Å². The maximum Gasteiger partial charge on any atom is 0.433 e. The largest absolute Gasteiger partial charge is 0.433 e. The van der Waals surface area contributed by atoms with E-state index < -0.39 is 11.9 Å². The minimum Gasteiger partial charge on any atom is -0.327 e. The lowest BCUT2D eigenvalue weighted by Crippen LogP contribution is -2.49. The summed E-state index contributed by atoms with van der Waals surface area (Å²) in [7, 11) is 3.02. The summed E-state index contributed by atoms with van der Waals surface area (Å²) in [5.74, 6) is -0.0551. The van der Waals surface area contributed by atoms with Gasteiger partial charge < -0.3 is 4.90 Å². The second-order valence-corrected chi connectivity index (χ2v) is 9.30. The van der Waals surface area contributed by atoms with Crippen molar-refractivity contribution < 1.29 is 18.0 Å². The molecule has 10 heteroatoms. The van der Waals surface area contributed by atoms with E-state index in [1.54, 1.807) is 24.0 Å². The van der Waals surface area contributed by atoms with Crippen LogP contribution in [0, 0.1) is 0 Å². The van der Waals surface area contributed by atoms with Crippen LogP contribution < -0.4 is 0 Å². The van der Waals surface area contributed by atoms with Gasteiger partial charge in [0.25, 0.3) is 5.91 Å². The highest BCUT2D eigenvalue weighted by Crippen LogP contribution is 2.45. The van der Waals surface area contributed by atoms with Crippen molar-refractivity contribution in [3.8, 4) is 11.4 Å². The zero-order valence-electron chi connectivity index (χ0n) is 19.3. The van der Waals surface area contributed by atoms with Crippen LogP contribution in [0.15, 0.2) is 42.6 Å². The van der Waals surface area contributed by atoms with E-state index in [2.05, 4.69) is 10.1 Å². The first-order valence-electron chi connectivity index (χ1n) is 11.6. The number of rotatable bonds is 2. The van der Waals surface area contributed by atoms with Crippen molar-refractivity contribution in [2.75, 3.05) is 0 Å². The lowest BCUT2D eigenvalue weighted by atomic mass is 9.81. The fourth-order valence-electron chi connectivity index (χ4n) is 5.68. The standard InChI is InChI=1S/C25H23F3N6O/c1-32-21(25(26,27)28)13-19(30-32)23-17-12-16-6-3-7-20(22(17)31-33(23)2)34(16)24(35)15-8-9-18-14(11-15)5-4-10-29-18/h4-5,8-11,13,16,20H,3,6-7,12H2,1-2H3/t16-,20+/m1/s1. The van der Waals surface area contributed by atoms with E-state index in [1.165, 1.54) is 7.05 Å². The van der Waals surface area contributed by atoms with Crippen LogP contribution in [-0.4, -0.2) is 41.4 Å². The molecule has 7 nitrogen and oxygen atoms in total. The Morgan fingerprint density at radius 1 is 1.06 bits per heavy atom. The first-order chi connectivity index (χ1) is 16.7. The van der Waals surface area contributed by atoms with Gasteiger partial charge in [0.05, 0.1) is 22.9 Å². The van der Waals surface area contributed by atoms with Crippen LogP contribution in [0.1, 0.15) is 52.6 Å². The zero-order chi connectivity index (χ0) is 24.5. The number of benzene rings is 1. The third kappa shape index (κ3) is 3.42. The van der Waals surface area contributed by atoms with Gasteiger partial charge in [-0.3, -0.25) is 19.1 Å². The van der Waals surface area contributed by atoms with E-state index in [9.17, 15) is 18.0 Å². The van der Waals surface area contributed by atoms with E-state index >= 15 is 0 Å². The molecule has 6 rings (SSSR count). The SMILES string of the molecule is Cn1nc(-c2c3c(nn2C)[C@@H]2CCC[C@H](C3)N2C(=O)c2ccc3ncccc3c2)cc1C(F)(F)F. The fourth-order valence-corrected chi connectivity index (χ4v) is 5.68. The number of carbonyl (C=O) groups excluding carboxylic acids is 1. The number of hydrogen-bond donors (Lipinski definition) is 0. The third-order valence-corrected chi connectivity index (χ3v) is 7.17. The smallest absolute Gasteiger partial charge is 0.327 e. The Balaban J connectivity index is 1.41. The summed E-state index contributed by atoms with van der Waals surface area (Å²) in [5, 5.41) is 9.77. The summed E-state index contributed by atoms with van der Waals surface area (Å²) in [6, 6.07) is 10.1. The highest BCUT2D eigenvalue weighted by molar-refractivity contribution is 5.98. The molecule has 2 bridgehead atoms. The molecule has 0 aliphatic carbocycles. The maximum absolute atomic E-state index is 13.7. The molecule has 1 amide bonds. The topological polar surface area (TPSA) is 68.8 Å². The summed E-state index contributed by atoms with van der Waals surface area (Å²) in [4.78, 5) is 20.0. The van der Waals surface area contributed by atoms with Crippen LogP contribution in [0.4, 0.5) is 13.2 Å². The molecule has 1 aromatic carbocycles. The quantitative estimate of drug-likeness (QED) is 0.418. The Labute approximate surface area is 199 Å². The van der Waals surface area contributed by atoms with Crippen molar-refractivity contribution >= 4 is 16.8 Å². The van der Waals surface area contributed by atoms with Crippen molar-refractivity contribution in [3.63, 3.8) is 0 Å². The van der Waals surface area contributed by atoms with Crippen LogP contribution in [0.25, 0.3) is 22.3 Å². The Hall–Kier alpha value is -3.69. The molecule has 0 N–H and O–H groups in total. The number of hydrogen-bond acceptors (Lipinski definition) is 4. The van der Waals surface area contributed by atoms with Gasteiger partial charge in [-0.2, -0.15) is 23.4 Å². The lowest BCUT2D eigenvalue weighted by molar-refractivity contribution is -0.143. The van der Waals surface area contributed by atoms with E-state index in [-0.39, 0.29) is 23.7 Å². The Kier molecular flexibility index (Phi) is 4.77. The summed E-state index contributed by atoms with van der Waals surface area (Å²) < 4.78 is 42.7.